The van der Waals surface area contributed by atoms with E-state index in [9.17, 15) is 15.0 Å². The predicted octanol–water partition coefficient (Wildman–Crippen LogP) is -1.13. The molecule has 8 unspecified atom stereocenters. The van der Waals surface area contributed by atoms with Crippen molar-refractivity contribution in [1.29, 1.82) is 0 Å². The van der Waals surface area contributed by atoms with Gasteiger partial charge in [0.2, 0.25) is 0 Å². The van der Waals surface area contributed by atoms with Crippen LogP contribution in [0.5, 0.6) is 0 Å². The summed E-state index contributed by atoms with van der Waals surface area (Å²) in [4.78, 5) is 17.5. The van der Waals surface area contributed by atoms with Gasteiger partial charge in [0, 0.05) is 35.8 Å². The van der Waals surface area contributed by atoms with Crippen LogP contribution in [0.1, 0.15) is 32.6 Å². The SMILES string of the molecule is CN=C(N)[NH+]1CCC2C=CC3C(O)C(C(=O)[O-])=C4CC5CCC(C)C43C25C1. The Bertz CT molecular complexity index is 802. The number of aliphatic imine (C=N–C) groups is 1. The van der Waals surface area contributed by atoms with Crippen molar-refractivity contribution in [2.75, 3.05) is 20.1 Å². The van der Waals surface area contributed by atoms with Crippen LogP contribution in [0.15, 0.2) is 28.3 Å². The molecule has 2 bridgehead atoms. The van der Waals surface area contributed by atoms with Crippen LogP contribution in [0.3, 0.4) is 0 Å². The molecule has 27 heavy (non-hydrogen) atoms. The number of aliphatic carboxylic acids is 1. The van der Waals surface area contributed by atoms with E-state index in [1.807, 2.05) is 0 Å². The Balaban J connectivity index is 1.77. The molecule has 6 nitrogen and oxygen atoms in total. The molecule has 3 fully saturated rings. The Labute approximate surface area is 159 Å². The third-order valence-corrected chi connectivity index (χ3v) is 8.96. The topological polar surface area (TPSA) is 103 Å². The van der Waals surface area contributed by atoms with E-state index in [-0.39, 0.29) is 22.3 Å². The second-order valence-corrected chi connectivity index (χ2v) is 9.36. The number of likely N-dealkylation sites (tertiary alicyclic amines) is 1. The molecule has 4 N–H and O–H groups in total. The van der Waals surface area contributed by atoms with Gasteiger partial charge in [-0.3, -0.25) is 4.90 Å². The molecule has 8 atom stereocenters. The van der Waals surface area contributed by atoms with Crippen LogP contribution in [0, 0.1) is 34.5 Å². The summed E-state index contributed by atoms with van der Waals surface area (Å²) >= 11 is 0. The number of rotatable bonds is 1. The highest BCUT2D eigenvalue weighted by molar-refractivity contribution is 5.89. The van der Waals surface area contributed by atoms with E-state index in [4.69, 9.17) is 5.73 Å². The number of carbonyl (C=O) groups excluding carboxylic acids is 1. The van der Waals surface area contributed by atoms with Crippen LogP contribution in [-0.2, 0) is 4.79 Å². The Morgan fingerprint density at radius 3 is 2.85 bits per heavy atom. The van der Waals surface area contributed by atoms with Crippen LogP contribution >= 0.6 is 0 Å². The molecule has 0 aromatic heterocycles. The van der Waals surface area contributed by atoms with Crippen LogP contribution in [0.2, 0.25) is 0 Å². The van der Waals surface area contributed by atoms with Gasteiger partial charge in [-0.1, -0.05) is 24.6 Å². The number of hydrogen-bond donors (Lipinski definition) is 3. The van der Waals surface area contributed by atoms with Gasteiger partial charge in [0.25, 0.3) is 5.96 Å². The second-order valence-electron chi connectivity index (χ2n) is 9.36. The van der Waals surface area contributed by atoms with Gasteiger partial charge >= 0.3 is 0 Å². The maximum Gasteiger partial charge on any atom is 0.293 e. The lowest BCUT2D eigenvalue weighted by atomic mass is 9.41. The van der Waals surface area contributed by atoms with Gasteiger partial charge < -0.3 is 20.7 Å². The highest BCUT2D eigenvalue weighted by Crippen LogP contribution is 2.78. The first-order chi connectivity index (χ1) is 12.9. The van der Waals surface area contributed by atoms with E-state index in [1.54, 1.807) is 7.05 Å². The molecule has 0 aromatic carbocycles. The quantitative estimate of drug-likeness (QED) is 0.308. The zero-order chi connectivity index (χ0) is 19.1. The fourth-order valence-corrected chi connectivity index (χ4v) is 8.25. The fourth-order valence-electron chi connectivity index (χ4n) is 8.25. The molecule has 2 saturated carbocycles. The number of aliphatic hydroxyl groups excluding tert-OH is 1. The molecule has 0 aromatic rings. The third kappa shape index (κ3) is 1.75. The Hall–Kier alpha value is -1.66. The van der Waals surface area contributed by atoms with Gasteiger partial charge in [-0.15, -0.1) is 0 Å². The summed E-state index contributed by atoms with van der Waals surface area (Å²) in [6.07, 6.45) is 7.50. The van der Waals surface area contributed by atoms with Crippen LogP contribution in [0.25, 0.3) is 0 Å². The second kappa shape index (κ2) is 5.45. The largest absolute Gasteiger partial charge is 0.545 e. The van der Waals surface area contributed by atoms with Crippen LogP contribution in [-0.4, -0.2) is 43.3 Å². The minimum Gasteiger partial charge on any atom is -0.545 e. The normalized spacial score (nSPS) is 50.6. The highest BCUT2D eigenvalue weighted by Gasteiger charge is 2.77. The zero-order valence-corrected chi connectivity index (χ0v) is 16.1. The third-order valence-electron chi connectivity index (χ3n) is 8.96. The number of aliphatic hydroxyl groups is 1. The summed E-state index contributed by atoms with van der Waals surface area (Å²) in [5.41, 5.74) is 7.12. The number of nitrogens with two attached hydrogens (primary N) is 1. The van der Waals surface area contributed by atoms with Crippen molar-refractivity contribution >= 4 is 11.9 Å². The van der Waals surface area contributed by atoms with Gasteiger partial charge in [-0.25, -0.2) is 4.99 Å². The number of quaternary nitrogens is 1. The van der Waals surface area contributed by atoms with E-state index in [1.165, 1.54) is 4.90 Å². The Morgan fingerprint density at radius 2 is 2.15 bits per heavy atom. The number of nitrogens with one attached hydrogen (secondary N) is 1. The number of allylic oxidation sites excluding steroid dienone is 2. The molecule has 146 valence electrons. The summed E-state index contributed by atoms with van der Waals surface area (Å²) in [6, 6.07) is 0. The lowest BCUT2D eigenvalue weighted by molar-refractivity contribution is -0.828. The Morgan fingerprint density at radius 1 is 1.37 bits per heavy atom. The number of piperidine rings is 1. The van der Waals surface area contributed by atoms with Crippen molar-refractivity contribution in [2.24, 2.45) is 45.2 Å². The molecule has 0 radical (unpaired) electrons. The first-order valence-corrected chi connectivity index (χ1v) is 10.3. The van der Waals surface area contributed by atoms with Crippen molar-refractivity contribution in [1.82, 2.24) is 0 Å². The van der Waals surface area contributed by atoms with Crippen molar-refractivity contribution in [3.63, 3.8) is 0 Å². The van der Waals surface area contributed by atoms with Gasteiger partial charge in [-0.05, 0) is 37.0 Å². The lowest BCUT2D eigenvalue weighted by Crippen LogP contribution is -3.19. The summed E-state index contributed by atoms with van der Waals surface area (Å²) in [5.74, 6) is 0.511. The van der Waals surface area contributed by atoms with E-state index in [0.29, 0.717) is 23.7 Å². The van der Waals surface area contributed by atoms with Gasteiger partial charge in [-0.2, -0.15) is 0 Å². The van der Waals surface area contributed by atoms with E-state index >= 15 is 0 Å². The number of hydrogen-bond acceptors (Lipinski definition) is 4. The van der Waals surface area contributed by atoms with Crippen molar-refractivity contribution < 1.29 is 19.9 Å². The standard InChI is InChI=1S/C21H29N3O3/c1-11-3-4-13-9-15-16(18(26)27)17(25)14-6-5-12-7-8-24(19(22)23-2)10-20(12,13)21(11,14)15/h5-6,11-14,17,25H,3-4,7-10H2,1-2H3,(H2,22,23)(H,26,27). The fraction of sp³-hybridized carbons (Fsp3) is 0.714. The predicted molar refractivity (Wildman–Crippen MR) is 98.4 cm³/mol. The summed E-state index contributed by atoms with van der Waals surface area (Å²) in [5, 5.41) is 23.0. The minimum atomic E-state index is -1.18. The summed E-state index contributed by atoms with van der Waals surface area (Å²) in [6.45, 7) is 4.10. The van der Waals surface area contributed by atoms with E-state index in [0.717, 1.165) is 44.3 Å². The average Bonchev–Trinajstić information content (AvgIpc) is 3.02. The number of carboxylic acids is 1. The van der Waals surface area contributed by atoms with Crippen LogP contribution < -0.4 is 15.7 Å². The average molecular weight is 371 g/mol. The first kappa shape index (κ1) is 17.4. The van der Waals surface area contributed by atoms with Gasteiger partial charge in [0.15, 0.2) is 0 Å². The van der Waals surface area contributed by atoms with Crippen molar-refractivity contribution in [2.45, 2.75) is 38.7 Å². The van der Waals surface area contributed by atoms with Crippen molar-refractivity contribution in [3.05, 3.63) is 23.3 Å². The molecule has 5 rings (SSSR count). The highest BCUT2D eigenvalue weighted by atomic mass is 16.4. The molecule has 2 spiro atoms. The molecule has 4 aliphatic carbocycles. The number of guanidine groups is 1. The maximum atomic E-state index is 12.0. The minimum absolute atomic E-state index is 0.0412. The first-order valence-electron chi connectivity index (χ1n) is 10.3. The molecule has 5 aliphatic rings. The molecular weight excluding hydrogens is 342 g/mol. The molecule has 1 heterocycles. The molecule has 6 heteroatoms. The summed E-state index contributed by atoms with van der Waals surface area (Å²) in [7, 11) is 1.74. The van der Waals surface area contributed by atoms with Crippen molar-refractivity contribution in [3.8, 4) is 0 Å². The summed E-state index contributed by atoms with van der Waals surface area (Å²) < 4.78 is 0. The maximum absolute atomic E-state index is 12.0. The van der Waals surface area contributed by atoms with Gasteiger partial charge in [0.05, 0.1) is 25.2 Å². The number of carboxylic acid groups (broad SMARTS) is 1. The lowest BCUT2D eigenvalue weighted by Gasteiger charge is -2.63. The molecular formula is C21H29N3O3. The molecule has 1 saturated heterocycles. The molecule has 0 amide bonds. The zero-order valence-electron chi connectivity index (χ0n) is 16.1. The number of carbonyl (C=O) groups is 1. The van der Waals surface area contributed by atoms with E-state index in [2.05, 4.69) is 24.1 Å². The Kier molecular flexibility index (Phi) is 3.52. The molecule has 1 aliphatic heterocycles. The number of nitrogens with zero attached hydrogens (tertiary/aromatic N) is 1. The monoisotopic (exact) mass is 371 g/mol. The van der Waals surface area contributed by atoms with Crippen LogP contribution in [0.4, 0.5) is 0 Å². The van der Waals surface area contributed by atoms with Gasteiger partial charge in [0.1, 0.15) is 0 Å². The smallest absolute Gasteiger partial charge is 0.293 e. The van der Waals surface area contributed by atoms with E-state index < -0.39 is 12.1 Å².